The minimum Gasteiger partial charge on any atom is -0.268 e. The van der Waals surface area contributed by atoms with Crippen molar-refractivity contribution in [3.8, 4) is 0 Å². The second-order valence-corrected chi connectivity index (χ2v) is 5.74. The van der Waals surface area contributed by atoms with Gasteiger partial charge in [0.2, 0.25) is 0 Å². The van der Waals surface area contributed by atoms with Crippen molar-refractivity contribution in [3.05, 3.63) is 69.8 Å². The number of fused-ring (bicyclic) bond motifs is 2. The summed E-state index contributed by atoms with van der Waals surface area (Å²) in [6, 6.07) is 6.35. The zero-order valence-electron chi connectivity index (χ0n) is 12.1. The molecule has 2 aromatic rings. The molecule has 0 radical (unpaired) electrons. The molecule has 0 saturated heterocycles. The lowest BCUT2D eigenvalue weighted by Gasteiger charge is -2.22. The molecule has 1 aliphatic carbocycles. The first-order valence-electron chi connectivity index (χ1n) is 7.25. The molecule has 24 heavy (non-hydrogen) atoms. The van der Waals surface area contributed by atoms with Gasteiger partial charge in [0.15, 0.2) is 23.3 Å². The van der Waals surface area contributed by atoms with Crippen molar-refractivity contribution >= 4 is 11.8 Å². The highest BCUT2D eigenvalue weighted by atomic mass is 19.2. The Labute approximate surface area is 133 Å². The van der Waals surface area contributed by atoms with Crippen molar-refractivity contribution in [1.82, 2.24) is 4.90 Å². The fraction of sp³-hybridized carbons (Fsp3) is 0.176. The number of hydrogen-bond acceptors (Lipinski definition) is 2. The Balaban J connectivity index is 1.88. The Morgan fingerprint density at radius 1 is 0.833 bits per heavy atom. The number of rotatable bonds is 1. The Hall–Kier alpha value is -2.70. The van der Waals surface area contributed by atoms with E-state index < -0.39 is 52.3 Å². The van der Waals surface area contributed by atoms with Crippen LogP contribution in [0, 0.1) is 23.3 Å². The summed E-state index contributed by atoms with van der Waals surface area (Å²) in [7, 11) is 0. The van der Waals surface area contributed by atoms with Gasteiger partial charge in [0.05, 0.1) is 17.2 Å². The maximum Gasteiger partial charge on any atom is 0.265 e. The van der Waals surface area contributed by atoms with Crippen LogP contribution in [0.4, 0.5) is 17.6 Å². The molecule has 0 spiro atoms. The van der Waals surface area contributed by atoms with E-state index >= 15 is 0 Å². The Kier molecular flexibility index (Phi) is 3.03. The fourth-order valence-corrected chi connectivity index (χ4v) is 3.45. The number of hydrogen-bond donors (Lipinski definition) is 0. The SMILES string of the molecule is O=C1c2c(F)c(F)c(F)c(F)c2C(=O)N1[C@@H]1CCc2ccccc21. The molecule has 2 aromatic carbocycles. The van der Waals surface area contributed by atoms with E-state index in [2.05, 4.69) is 0 Å². The maximum atomic E-state index is 13.9. The zero-order valence-corrected chi connectivity index (χ0v) is 12.1. The maximum absolute atomic E-state index is 13.9. The van der Waals surface area contributed by atoms with Gasteiger partial charge in [-0.05, 0) is 24.0 Å². The predicted molar refractivity (Wildman–Crippen MR) is 74.3 cm³/mol. The van der Waals surface area contributed by atoms with E-state index in [1.54, 1.807) is 18.2 Å². The van der Waals surface area contributed by atoms with Gasteiger partial charge in [-0.1, -0.05) is 24.3 Å². The lowest BCUT2D eigenvalue weighted by Crippen LogP contribution is -2.33. The van der Waals surface area contributed by atoms with E-state index in [1.165, 1.54) is 0 Å². The summed E-state index contributed by atoms with van der Waals surface area (Å²) < 4.78 is 54.7. The Morgan fingerprint density at radius 3 is 1.96 bits per heavy atom. The van der Waals surface area contributed by atoms with Crippen LogP contribution in [0.25, 0.3) is 0 Å². The first-order chi connectivity index (χ1) is 11.4. The monoisotopic (exact) mass is 335 g/mol. The summed E-state index contributed by atoms with van der Waals surface area (Å²) in [5, 5.41) is 0. The average Bonchev–Trinajstić information content (AvgIpc) is 3.10. The average molecular weight is 335 g/mol. The van der Waals surface area contributed by atoms with Gasteiger partial charge in [0.1, 0.15) is 0 Å². The van der Waals surface area contributed by atoms with Crippen LogP contribution in [0.3, 0.4) is 0 Å². The third kappa shape index (κ3) is 1.72. The van der Waals surface area contributed by atoms with E-state index in [4.69, 9.17) is 0 Å². The smallest absolute Gasteiger partial charge is 0.265 e. The van der Waals surface area contributed by atoms with Crippen LogP contribution >= 0.6 is 0 Å². The number of aryl methyl sites for hydroxylation is 1. The number of halogens is 4. The third-order valence-electron chi connectivity index (χ3n) is 4.55. The van der Waals surface area contributed by atoms with Crippen molar-refractivity contribution in [2.75, 3.05) is 0 Å². The Morgan fingerprint density at radius 2 is 1.38 bits per heavy atom. The van der Waals surface area contributed by atoms with Crippen LogP contribution < -0.4 is 0 Å². The molecule has 122 valence electrons. The van der Waals surface area contributed by atoms with Gasteiger partial charge in [-0.15, -0.1) is 0 Å². The number of benzene rings is 2. The lowest BCUT2D eigenvalue weighted by molar-refractivity contribution is 0.0579. The molecule has 1 heterocycles. The molecule has 0 unspecified atom stereocenters. The van der Waals surface area contributed by atoms with E-state index in [0.29, 0.717) is 23.3 Å². The van der Waals surface area contributed by atoms with Crippen LogP contribution in [0.5, 0.6) is 0 Å². The number of amides is 2. The largest absolute Gasteiger partial charge is 0.268 e. The van der Waals surface area contributed by atoms with Crippen LogP contribution in [-0.2, 0) is 6.42 Å². The minimum atomic E-state index is -2.10. The summed E-state index contributed by atoms with van der Waals surface area (Å²) in [5.74, 6) is -10.2. The van der Waals surface area contributed by atoms with Gasteiger partial charge in [-0.25, -0.2) is 17.6 Å². The van der Waals surface area contributed by atoms with E-state index in [9.17, 15) is 27.2 Å². The second-order valence-electron chi connectivity index (χ2n) is 5.74. The molecule has 0 saturated carbocycles. The van der Waals surface area contributed by atoms with Gasteiger partial charge < -0.3 is 0 Å². The molecular weight excluding hydrogens is 326 g/mol. The molecule has 1 aliphatic heterocycles. The standard InChI is InChI=1S/C17H9F4NO2/c18-12-10-11(13(19)15(21)14(12)20)17(24)22(16(10)23)9-6-5-7-3-1-2-4-8(7)9/h1-4,9H,5-6H2/t9-/m1/s1. The zero-order chi connectivity index (χ0) is 17.2. The van der Waals surface area contributed by atoms with Crippen molar-refractivity contribution in [2.24, 2.45) is 0 Å². The molecule has 3 nitrogen and oxygen atoms in total. The second kappa shape index (κ2) is 4.90. The first kappa shape index (κ1) is 14.9. The highest BCUT2D eigenvalue weighted by Gasteiger charge is 2.47. The molecule has 2 amide bonds. The van der Waals surface area contributed by atoms with E-state index in [1.807, 2.05) is 6.07 Å². The minimum absolute atomic E-state index is 0.388. The molecule has 7 heteroatoms. The van der Waals surface area contributed by atoms with Gasteiger partial charge in [-0.2, -0.15) is 0 Å². The highest BCUT2D eigenvalue weighted by Crippen LogP contribution is 2.41. The van der Waals surface area contributed by atoms with Gasteiger partial charge >= 0.3 is 0 Å². The molecule has 0 aromatic heterocycles. The Bertz CT molecular complexity index is 878. The molecule has 2 aliphatic rings. The van der Waals surface area contributed by atoms with E-state index in [0.717, 1.165) is 5.56 Å². The summed E-state index contributed by atoms with van der Waals surface area (Å²) in [4.78, 5) is 25.6. The quantitative estimate of drug-likeness (QED) is 0.346. The highest BCUT2D eigenvalue weighted by molar-refractivity contribution is 6.22. The summed E-state index contributed by atoms with van der Waals surface area (Å²) in [5.41, 5.74) is -0.479. The van der Waals surface area contributed by atoms with Crippen LogP contribution in [0.1, 0.15) is 44.3 Å². The number of imide groups is 1. The molecule has 0 bridgehead atoms. The normalized spacial score (nSPS) is 19.0. The molecule has 1 atom stereocenters. The number of carbonyl (C=O) groups is 2. The molecule has 0 fully saturated rings. The summed E-state index contributed by atoms with van der Waals surface area (Å²) in [6.07, 6.45) is 0.973. The topological polar surface area (TPSA) is 37.4 Å². The lowest BCUT2D eigenvalue weighted by atomic mass is 10.1. The predicted octanol–water partition coefficient (Wildman–Crippen LogP) is 3.53. The van der Waals surface area contributed by atoms with Crippen molar-refractivity contribution in [2.45, 2.75) is 18.9 Å². The van der Waals surface area contributed by atoms with Crippen molar-refractivity contribution in [1.29, 1.82) is 0 Å². The van der Waals surface area contributed by atoms with Crippen molar-refractivity contribution in [3.63, 3.8) is 0 Å². The van der Waals surface area contributed by atoms with Crippen molar-refractivity contribution < 1.29 is 27.2 Å². The van der Waals surface area contributed by atoms with Gasteiger partial charge in [-0.3, -0.25) is 14.5 Å². The van der Waals surface area contributed by atoms with Gasteiger partial charge in [0, 0.05) is 0 Å². The summed E-state index contributed by atoms with van der Waals surface area (Å²) >= 11 is 0. The number of carbonyl (C=O) groups excluding carboxylic acids is 2. The van der Waals surface area contributed by atoms with Crippen LogP contribution in [0.15, 0.2) is 24.3 Å². The van der Waals surface area contributed by atoms with Crippen LogP contribution in [0.2, 0.25) is 0 Å². The molecule has 4 rings (SSSR count). The molecular formula is C17H9F4NO2. The number of nitrogens with zero attached hydrogens (tertiary/aromatic N) is 1. The molecule has 0 N–H and O–H groups in total. The summed E-state index contributed by atoms with van der Waals surface area (Å²) in [6.45, 7) is 0. The van der Waals surface area contributed by atoms with E-state index in [-0.39, 0.29) is 0 Å². The van der Waals surface area contributed by atoms with Crippen LogP contribution in [-0.4, -0.2) is 16.7 Å². The fourth-order valence-electron chi connectivity index (χ4n) is 3.45. The first-order valence-corrected chi connectivity index (χ1v) is 7.25. The van der Waals surface area contributed by atoms with Gasteiger partial charge in [0.25, 0.3) is 11.8 Å². The third-order valence-corrected chi connectivity index (χ3v) is 4.55.